The maximum Gasteiger partial charge on any atom is 0.239 e. The molecule has 0 aliphatic carbocycles. The molecule has 1 saturated heterocycles. The third-order valence-electron chi connectivity index (χ3n) is 4.77. The zero-order valence-electron chi connectivity index (χ0n) is 17.0. The summed E-state index contributed by atoms with van der Waals surface area (Å²) in [5, 5.41) is 7.85. The summed E-state index contributed by atoms with van der Waals surface area (Å²) in [6.45, 7) is 5.99. The SMILES string of the molecule is CCNC(=NCc1ccc(Cl)cc1Cl)NCCCN1CCCC1C(=O)N(C)C. The topological polar surface area (TPSA) is 60.0 Å². The molecule has 0 radical (unpaired) electrons. The fraction of sp³-hybridized carbons (Fsp3) is 0.600. The molecule has 1 aliphatic heterocycles. The van der Waals surface area contributed by atoms with Gasteiger partial charge in [-0.1, -0.05) is 29.3 Å². The van der Waals surface area contributed by atoms with Crippen molar-refractivity contribution in [1.82, 2.24) is 20.4 Å². The van der Waals surface area contributed by atoms with Crippen LogP contribution >= 0.6 is 23.2 Å². The van der Waals surface area contributed by atoms with Crippen LogP contribution in [-0.4, -0.2) is 68.0 Å². The molecule has 0 spiro atoms. The Bertz CT molecular complexity index is 681. The Morgan fingerprint density at radius 3 is 2.79 bits per heavy atom. The molecule has 0 saturated carbocycles. The van der Waals surface area contributed by atoms with Gasteiger partial charge in [-0.3, -0.25) is 9.69 Å². The molecule has 1 aromatic carbocycles. The number of rotatable bonds is 8. The van der Waals surface area contributed by atoms with Crippen LogP contribution in [0.15, 0.2) is 23.2 Å². The molecule has 1 atom stereocenters. The molecule has 1 amide bonds. The molecule has 0 aromatic heterocycles. The Morgan fingerprint density at radius 2 is 2.11 bits per heavy atom. The van der Waals surface area contributed by atoms with Gasteiger partial charge in [0.15, 0.2) is 5.96 Å². The van der Waals surface area contributed by atoms with Gasteiger partial charge in [-0.05, 0) is 50.4 Å². The molecular formula is C20H31Cl2N5O. The number of aliphatic imine (C=N–C) groups is 1. The highest BCUT2D eigenvalue weighted by Crippen LogP contribution is 2.21. The number of nitrogens with one attached hydrogen (secondary N) is 2. The first kappa shape index (κ1) is 22.8. The van der Waals surface area contributed by atoms with Crippen LogP contribution in [0.25, 0.3) is 0 Å². The van der Waals surface area contributed by atoms with E-state index in [0.717, 1.165) is 57.0 Å². The Balaban J connectivity index is 1.82. The summed E-state index contributed by atoms with van der Waals surface area (Å²) >= 11 is 12.2. The molecule has 1 fully saturated rings. The maximum atomic E-state index is 12.3. The molecule has 2 N–H and O–H groups in total. The monoisotopic (exact) mass is 427 g/mol. The van der Waals surface area contributed by atoms with Crippen molar-refractivity contribution >= 4 is 35.1 Å². The van der Waals surface area contributed by atoms with Crippen molar-refractivity contribution in [3.8, 4) is 0 Å². The summed E-state index contributed by atoms with van der Waals surface area (Å²) in [6, 6.07) is 5.48. The number of hydrogen-bond acceptors (Lipinski definition) is 3. The fourth-order valence-electron chi connectivity index (χ4n) is 3.32. The van der Waals surface area contributed by atoms with Crippen LogP contribution in [0.3, 0.4) is 0 Å². The van der Waals surface area contributed by atoms with E-state index in [2.05, 4.69) is 20.5 Å². The Hall–Kier alpha value is -1.50. The second kappa shape index (κ2) is 11.5. The maximum absolute atomic E-state index is 12.3. The van der Waals surface area contributed by atoms with E-state index in [1.165, 1.54) is 0 Å². The zero-order valence-corrected chi connectivity index (χ0v) is 18.5. The predicted molar refractivity (Wildman–Crippen MR) is 117 cm³/mol. The number of guanidine groups is 1. The number of nitrogens with zero attached hydrogens (tertiary/aromatic N) is 3. The van der Waals surface area contributed by atoms with E-state index in [9.17, 15) is 4.79 Å². The summed E-state index contributed by atoms with van der Waals surface area (Å²) < 4.78 is 0. The van der Waals surface area contributed by atoms with Crippen molar-refractivity contribution in [2.24, 2.45) is 4.99 Å². The molecule has 6 nitrogen and oxygen atoms in total. The van der Waals surface area contributed by atoms with Gasteiger partial charge in [0.25, 0.3) is 0 Å². The summed E-state index contributed by atoms with van der Waals surface area (Å²) in [4.78, 5) is 20.9. The van der Waals surface area contributed by atoms with Gasteiger partial charge >= 0.3 is 0 Å². The van der Waals surface area contributed by atoms with Crippen LogP contribution in [0.1, 0.15) is 31.7 Å². The van der Waals surface area contributed by atoms with Crippen LogP contribution < -0.4 is 10.6 Å². The minimum absolute atomic E-state index is 0.0314. The van der Waals surface area contributed by atoms with Crippen molar-refractivity contribution in [3.63, 3.8) is 0 Å². The summed E-state index contributed by atoms with van der Waals surface area (Å²) in [5.41, 5.74) is 0.936. The van der Waals surface area contributed by atoms with Crippen LogP contribution in [0.5, 0.6) is 0 Å². The summed E-state index contributed by atoms with van der Waals surface area (Å²) in [6.07, 6.45) is 2.99. The van der Waals surface area contributed by atoms with Crippen molar-refractivity contribution in [3.05, 3.63) is 33.8 Å². The van der Waals surface area contributed by atoms with Crippen LogP contribution in [0.2, 0.25) is 10.0 Å². The Kier molecular flexibility index (Phi) is 9.35. The first-order valence-electron chi connectivity index (χ1n) is 9.83. The minimum atomic E-state index is 0.0314. The lowest BCUT2D eigenvalue weighted by Gasteiger charge is -2.26. The number of carbonyl (C=O) groups excluding carboxylic acids is 1. The van der Waals surface area contributed by atoms with Crippen molar-refractivity contribution < 1.29 is 4.79 Å². The summed E-state index contributed by atoms with van der Waals surface area (Å²) in [5.74, 6) is 0.969. The number of benzene rings is 1. The quantitative estimate of drug-likeness (QED) is 0.380. The summed E-state index contributed by atoms with van der Waals surface area (Å²) in [7, 11) is 3.65. The van der Waals surface area contributed by atoms with E-state index in [4.69, 9.17) is 23.2 Å². The second-order valence-corrected chi connectivity index (χ2v) is 7.98. The molecular weight excluding hydrogens is 397 g/mol. The number of likely N-dealkylation sites (N-methyl/N-ethyl adjacent to an activating group) is 1. The van der Waals surface area contributed by atoms with Crippen LogP contribution in [0.4, 0.5) is 0 Å². The molecule has 1 aromatic rings. The highest BCUT2D eigenvalue weighted by atomic mass is 35.5. The third kappa shape index (κ3) is 6.83. The van der Waals surface area contributed by atoms with Gasteiger partial charge in [-0.15, -0.1) is 0 Å². The van der Waals surface area contributed by atoms with E-state index in [1.807, 2.05) is 33.2 Å². The van der Waals surface area contributed by atoms with Gasteiger partial charge < -0.3 is 15.5 Å². The highest BCUT2D eigenvalue weighted by Gasteiger charge is 2.30. The molecule has 156 valence electrons. The second-order valence-electron chi connectivity index (χ2n) is 7.14. The van der Waals surface area contributed by atoms with E-state index < -0.39 is 0 Å². The zero-order chi connectivity index (χ0) is 20.5. The van der Waals surface area contributed by atoms with Gasteiger partial charge in [-0.25, -0.2) is 4.99 Å². The first-order valence-corrected chi connectivity index (χ1v) is 10.6. The van der Waals surface area contributed by atoms with Crippen molar-refractivity contribution in [1.29, 1.82) is 0 Å². The number of carbonyl (C=O) groups is 1. The van der Waals surface area contributed by atoms with E-state index in [1.54, 1.807) is 11.0 Å². The van der Waals surface area contributed by atoms with Crippen LogP contribution in [-0.2, 0) is 11.3 Å². The fourth-order valence-corrected chi connectivity index (χ4v) is 3.78. The molecule has 28 heavy (non-hydrogen) atoms. The van der Waals surface area contributed by atoms with Gasteiger partial charge in [0.05, 0.1) is 12.6 Å². The van der Waals surface area contributed by atoms with Gasteiger partial charge in [-0.2, -0.15) is 0 Å². The highest BCUT2D eigenvalue weighted by molar-refractivity contribution is 6.35. The first-order chi connectivity index (χ1) is 13.4. The van der Waals surface area contributed by atoms with Crippen molar-refractivity contribution in [2.75, 3.05) is 40.3 Å². The average molecular weight is 428 g/mol. The molecule has 8 heteroatoms. The van der Waals surface area contributed by atoms with E-state index in [0.29, 0.717) is 16.6 Å². The molecule has 2 rings (SSSR count). The molecule has 1 heterocycles. The lowest BCUT2D eigenvalue weighted by molar-refractivity contribution is -0.133. The van der Waals surface area contributed by atoms with E-state index >= 15 is 0 Å². The molecule has 1 aliphatic rings. The minimum Gasteiger partial charge on any atom is -0.357 e. The number of halogens is 2. The van der Waals surface area contributed by atoms with Crippen LogP contribution in [0, 0.1) is 0 Å². The molecule has 1 unspecified atom stereocenters. The normalized spacial score (nSPS) is 17.6. The van der Waals surface area contributed by atoms with Gasteiger partial charge in [0.2, 0.25) is 5.91 Å². The smallest absolute Gasteiger partial charge is 0.239 e. The lowest BCUT2D eigenvalue weighted by atomic mass is 10.2. The average Bonchev–Trinajstić information content (AvgIpc) is 3.11. The number of hydrogen-bond donors (Lipinski definition) is 2. The Morgan fingerprint density at radius 1 is 1.32 bits per heavy atom. The van der Waals surface area contributed by atoms with Crippen molar-refractivity contribution in [2.45, 2.75) is 38.8 Å². The van der Waals surface area contributed by atoms with E-state index in [-0.39, 0.29) is 11.9 Å². The lowest BCUT2D eigenvalue weighted by Crippen LogP contribution is -2.44. The number of likely N-dealkylation sites (tertiary alicyclic amines) is 1. The Labute approximate surface area is 178 Å². The largest absolute Gasteiger partial charge is 0.357 e. The van der Waals surface area contributed by atoms with Gasteiger partial charge in [0, 0.05) is 43.8 Å². The predicted octanol–water partition coefficient (Wildman–Crippen LogP) is 2.99. The third-order valence-corrected chi connectivity index (χ3v) is 5.36. The number of amides is 1. The van der Waals surface area contributed by atoms with Gasteiger partial charge in [0.1, 0.15) is 0 Å². The molecule has 0 bridgehead atoms. The standard InChI is InChI=1S/C20H31Cl2N5O/c1-4-23-20(25-14-15-8-9-16(21)13-17(15)22)24-10-6-12-27-11-5-7-18(27)19(28)26(2)3/h8-9,13,18H,4-7,10-12,14H2,1-3H3,(H2,23,24,25).